The summed E-state index contributed by atoms with van der Waals surface area (Å²) in [6.07, 6.45) is 15.3. The van der Waals surface area contributed by atoms with Crippen LogP contribution in [-0.4, -0.2) is 18.2 Å². The molecule has 1 rings (SSSR count). The van der Waals surface area contributed by atoms with Gasteiger partial charge in [-0.25, -0.2) is 0 Å². The number of allylic oxidation sites excluding steroid dienone is 2. The van der Waals surface area contributed by atoms with Gasteiger partial charge in [0.15, 0.2) is 0 Å². The van der Waals surface area contributed by atoms with Gasteiger partial charge in [0.1, 0.15) is 0 Å². The molecule has 1 saturated carbocycles. The monoisotopic (exact) mass is 241 g/mol. The third kappa shape index (κ3) is 7.54. The highest BCUT2D eigenvalue weighted by Gasteiger charge is 2.06. The smallest absolute Gasteiger partial charge is 0.0290 e. The van der Waals surface area contributed by atoms with Crippen molar-refractivity contribution in [3.8, 4) is 0 Å². The molecule has 1 aliphatic carbocycles. The quantitative estimate of drug-likeness (QED) is 0.294. The van der Waals surface area contributed by atoms with Crippen LogP contribution in [-0.2, 0) is 0 Å². The zero-order valence-corrected chi connectivity index (χ0v) is 11.4. The molecule has 0 N–H and O–H groups in total. The maximum atomic E-state index is 12.7. The zero-order valence-electron chi connectivity index (χ0n) is 11.4. The fraction of sp³-hybridized carbons (Fsp3) is 0.867. The van der Waals surface area contributed by atoms with Crippen molar-refractivity contribution in [3.05, 3.63) is 11.6 Å². The topological polar surface area (TPSA) is 3.24 Å². The van der Waals surface area contributed by atoms with E-state index >= 15 is 0 Å². The number of unbranched alkanes of at least 4 members (excludes halogenated alkanes) is 6. The lowest BCUT2D eigenvalue weighted by Crippen LogP contribution is -2.13. The van der Waals surface area contributed by atoms with E-state index in [2.05, 4.69) is 6.08 Å². The predicted octanol–water partition coefficient (Wildman–Crippen LogP) is 5.03. The second-order valence-electron chi connectivity index (χ2n) is 5.13. The molecule has 0 atom stereocenters. The van der Waals surface area contributed by atoms with E-state index in [1.165, 1.54) is 57.8 Å². The molecule has 2 heteroatoms. The van der Waals surface area contributed by atoms with Crippen LogP contribution in [0.5, 0.6) is 0 Å². The molecule has 0 unspecified atom stereocenters. The van der Waals surface area contributed by atoms with Crippen LogP contribution in [0.2, 0.25) is 0 Å². The molecule has 1 nitrogen and oxygen atoms in total. The summed E-state index contributed by atoms with van der Waals surface area (Å²) in [6.45, 7) is 2.99. The summed E-state index contributed by atoms with van der Waals surface area (Å²) in [7, 11) is 0. The zero-order chi connectivity index (χ0) is 12.3. The van der Waals surface area contributed by atoms with E-state index < -0.39 is 0 Å². The summed E-state index contributed by atoms with van der Waals surface area (Å²) >= 11 is 0. The average Bonchev–Trinajstić information content (AvgIpc) is 2.28. The van der Waals surface area contributed by atoms with Crippen LogP contribution in [0.15, 0.2) is 11.6 Å². The molecule has 0 aromatic carbocycles. The highest BCUT2D eigenvalue weighted by atomic mass is 19.2. The van der Waals surface area contributed by atoms with Gasteiger partial charge in [-0.2, -0.15) is 0 Å². The van der Waals surface area contributed by atoms with Crippen molar-refractivity contribution in [1.82, 2.24) is 5.12 Å². The van der Waals surface area contributed by atoms with E-state index in [9.17, 15) is 4.48 Å². The second-order valence-corrected chi connectivity index (χ2v) is 5.13. The lowest BCUT2D eigenvalue weighted by Gasteiger charge is -2.15. The third-order valence-electron chi connectivity index (χ3n) is 3.63. The van der Waals surface area contributed by atoms with Crippen LogP contribution in [0.4, 0.5) is 4.48 Å². The molecular weight excluding hydrogens is 213 g/mol. The van der Waals surface area contributed by atoms with Crippen molar-refractivity contribution >= 4 is 0 Å². The summed E-state index contributed by atoms with van der Waals surface area (Å²) in [5.41, 5.74) is 1.69. The molecule has 1 fully saturated rings. The van der Waals surface area contributed by atoms with Crippen molar-refractivity contribution < 1.29 is 4.48 Å². The van der Waals surface area contributed by atoms with Crippen LogP contribution < -0.4 is 0 Å². The first-order valence-electron chi connectivity index (χ1n) is 7.41. The highest BCUT2D eigenvalue weighted by Crippen LogP contribution is 2.25. The summed E-state index contributed by atoms with van der Waals surface area (Å²) in [5, 5.41) is 0.908. The molecule has 0 amide bonds. The van der Waals surface area contributed by atoms with Gasteiger partial charge in [-0.1, -0.05) is 37.3 Å². The maximum Gasteiger partial charge on any atom is 0.0290 e. The van der Waals surface area contributed by atoms with Crippen molar-refractivity contribution in [1.29, 1.82) is 0 Å². The number of hydrogen-bond donors (Lipinski definition) is 0. The average molecular weight is 241 g/mol. The molecule has 17 heavy (non-hydrogen) atoms. The fourth-order valence-corrected chi connectivity index (χ4v) is 2.18. The van der Waals surface area contributed by atoms with Gasteiger partial charge in [0.25, 0.3) is 0 Å². The number of rotatable bonds is 10. The Labute approximate surface area is 106 Å². The molecule has 0 bridgehead atoms. The minimum atomic E-state index is 0.522. The molecular formula is C15H28FN. The summed E-state index contributed by atoms with van der Waals surface area (Å²) in [4.78, 5) is 0. The van der Waals surface area contributed by atoms with Crippen molar-refractivity contribution in [2.75, 3.05) is 13.1 Å². The van der Waals surface area contributed by atoms with Gasteiger partial charge in [0, 0.05) is 13.1 Å². The molecule has 100 valence electrons. The van der Waals surface area contributed by atoms with E-state index in [0.717, 1.165) is 11.5 Å². The molecule has 0 aliphatic heterocycles. The van der Waals surface area contributed by atoms with Crippen LogP contribution in [0.25, 0.3) is 0 Å². The largest absolute Gasteiger partial charge is 0.147 e. The van der Waals surface area contributed by atoms with Gasteiger partial charge in [0.2, 0.25) is 0 Å². The first kappa shape index (κ1) is 14.7. The molecule has 0 radical (unpaired) electrons. The van der Waals surface area contributed by atoms with Gasteiger partial charge in [-0.3, -0.25) is 0 Å². The predicted molar refractivity (Wildman–Crippen MR) is 72.6 cm³/mol. The van der Waals surface area contributed by atoms with Crippen molar-refractivity contribution in [3.63, 3.8) is 0 Å². The van der Waals surface area contributed by atoms with Crippen molar-refractivity contribution in [2.45, 2.75) is 71.1 Å². The minimum Gasteiger partial charge on any atom is -0.147 e. The van der Waals surface area contributed by atoms with E-state index in [-0.39, 0.29) is 0 Å². The van der Waals surface area contributed by atoms with Gasteiger partial charge in [-0.15, -0.1) is 9.60 Å². The summed E-state index contributed by atoms with van der Waals surface area (Å²) in [6, 6.07) is 0. The van der Waals surface area contributed by atoms with Crippen LogP contribution in [0.1, 0.15) is 71.1 Å². The number of halogens is 1. The molecule has 1 aliphatic rings. The Balaban J connectivity index is 1.75. The van der Waals surface area contributed by atoms with E-state index in [0.29, 0.717) is 13.1 Å². The van der Waals surface area contributed by atoms with Gasteiger partial charge < -0.3 is 0 Å². The van der Waals surface area contributed by atoms with Crippen molar-refractivity contribution in [2.24, 2.45) is 0 Å². The van der Waals surface area contributed by atoms with Crippen LogP contribution >= 0.6 is 0 Å². The Morgan fingerprint density at radius 3 is 2.29 bits per heavy atom. The summed E-state index contributed by atoms with van der Waals surface area (Å²) in [5.74, 6) is 0. The summed E-state index contributed by atoms with van der Waals surface area (Å²) < 4.78 is 12.7. The molecule has 0 saturated heterocycles. The Bertz CT molecular complexity index is 207. The molecule has 0 aromatic rings. The molecule has 0 aromatic heterocycles. The van der Waals surface area contributed by atoms with E-state index in [1.807, 2.05) is 6.92 Å². The Kier molecular flexibility index (Phi) is 8.33. The lowest BCUT2D eigenvalue weighted by atomic mass is 9.91. The fourth-order valence-electron chi connectivity index (χ4n) is 2.18. The van der Waals surface area contributed by atoms with Crippen LogP contribution in [0.3, 0.4) is 0 Å². The molecule has 0 spiro atoms. The maximum absolute atomic E-state index is 12.7. The Morgan fingerprint density at radius 2 is 1.71 bits per heavy atom. The first-order chi connectivity index (χ1) is 8.33. The molecule has 0 heterocycles. The second kappa shape index (κ2) is 9.64. The highest BCUT2D eigenvalue weighted by molar-refractivity contribution is 5.08. The number of nitrogens with zero attached hydrogens (tertiary/aromatic N) is 1. The number of hydrogen-bond acceptors (Lipinski definition) is 1. The van der Waals surface area contributed by atoms with Gasteiger partial charge in [-0.05, 0) is 45.4 Å². The first-order valence-corrected chi connectivity index (χ1v) is 7.41. The Morgan fingerprint density at radius 1 is 1.06 bits per heavy atom. The SMILES string of the molecule is CCN(F)CCCCCCCCC=C1CCC1. The lowest BCUT2D eigenvalue weighted by molar-refractivity contribution is 0.0301. The van der Waals surface area contributed by atoms with Gasteiger partial charge in [0.05, 0.1) is 0 Å². The third-order valence-corrected chi connectivity index (χ3v) is 3.63. The van der Waals surface area contributed by atoms with E-state index in [1.54, 1.807) is 5.57 Å². The minimum absolute atomic E-state index is 0.522. The normalized spacial score (nSPS) is 15.1. The Hall–Kier alpha value is -0.370. The standard InChI is InChI=1S/C15H28FN/c1-2-17(16)14-9-7-5-3-4-6-8-11-15-12-10-13-15/h11H,2-10,12-14H2,1H3. The van der Waals surface area contributed by atoms with E-state index in [4.69, 9.17) is 0 Å². The van der Waals surface area contributed by atoms with Gasteiger partial charge >= 0.3 is 0 Å². The van der Waals surface area contributed by atoms with Crippen LogP contribution in [0, 0.1) is 0 Å².